The van der Waals surface area contributed by atoms with E-state index in [4.69, 9.17) is 0 Å². The van der Waals surface area contributed by atoms with Crippen molar-refractivity contribution in [1.82, 2.24) is 10.3 Å². The molecule has 25 heavy (non-hydrogen) atoms. The number of para-hydroxylation sites is 1. The lowest BCUT2D eigenvalue weighted by Gasteiger charge is -2.10. The Morgan fingerprint density at radius 1 is 0.920 bits per heavy atom. The summed E-state index contributed by atoms with van der Waals surface area (Å²) in [7, 11) is 0. The number of nitrogens with zero attached hydrogens (tertiary/aromatic N) is 1. The lowest BCUT2D eigenvalue weighted by atomic mass is 10.1. The molecule has 1 aromatic heterocycles. The van der Waals surface area contributed by atoms with Gasteiger partial charge < -0.3 is 10.6 Å². The molecule has 1 heterocycles. The number of amides is 2. The van der Waals surface area contributed by atoms with Gasteiger partial charge in [0, 0.05) is 28.8 Å². The van der Waals surface area contributed by atoms with Gasteiger partial charge in [-0.1, -0.05) is 24.3 Å². The zero-order valence-corrected chi connectivity index (χ0v) is 14.1. The minimum absolute atomic E-state index is 0.0340. The molecular weight excluding hydrogens is 314 g/mol. The maximum absolute atomic E-state index is 12.6. The minimum atomic E-state index is -0.280. The number of carbonyl (C=O) groups excluding carboxylic acids is 2. The number of hydrogen-bond donors (Lipinski definition) is 2. The topological polar surface area (TPSA) is 71.1 Å². The van der Waals surface area contributed by atoms with Crippen molar-refractivity contribution in [1.29, 1.82) is 0 Å². The molecule has 3 aromatic rings. The summed E-state index contributed by atoms with van der Waals surface area (Å²) >= 11 is 0. The third-order valence-corrected chi connectivity index (χ3v) is 3.69. The Balaban J connectivity index is 1.85. The van der Waals surface area contributed by atoms with Gasteiger partial charge in [-0.15, -0.1) is 0 Å². The van der Waals surface area contributed by atoms with E-state index in [2.05, 4.69) is 15.6 Å². The van der Waals surface area contributed by atoms with Gasteiger partial charge in [-0.3, -0.25) is 14.6 Å². The second-order valence-electron chi connectivity index (χ2n) is 6.04. The summed E-state index contributed by atoms with van der Waals surface area (Å²) in [5.41, 5.74) is 2.24. The fraction of sp³-hybridized carbons (Fsp3) is 0.150. The van der Waals surface area contributed by atoms with Crippen LogP contribution in [-0.4, -0.2) is 22.8 Å². The van der Waals surface area contributed by atoms with E-state index in [9.17, 15) is 9.59 Å². The van der Waals surface area contributed by atoms with Crippen molar-refractivity contribution < 1.29 is 9.59 Å². The van der Waals surface area contributed by atoms with Gasteiger partial charge in [0.25, 0.3) is 11.8 Å². The maximum atomic E-state index is 12.6. The summed E-state index contributed by atoms with van der Waals surface area (Å²) in [5.74, 6) is -0.478. The third kappa shape index (κ3) is 3.83. The summed E-state index contributed by atoms with van der Waals surface area (Å²) in [6.45, 7) is 3.78. The molecule has 0 atom stereocenters. The van der Waals surface area contributed by atoms with Gasteiger partial charge in [0.1, 0.15) is 0 Å². The van der Waals surface area contributed by atoms with E-state index < -0.39 is 0 Å². The van der Waals surface area contributed by atoms with Crippen LogP contribution in [0.3, 0.4) is 0 Å². The van der Waals surface area contributed by atoms with Crippen LogP contribution in [0.1, 0.15) is 34.6 Å². The molecule has 0 unspecified atom stereocenters. The van der Waals surface area contributed by atoms with Crippen molar-refractivity contribution >= 4 is 28.4 Å². The van der Waals surface area contributed by atoms with Crippen molar-refractivity contribution in [2.75, 3.05) is 5.32 Å². The number of pyridine rings is 1. The average molecular weight is 333 g/mol. The van der Waals surface area contributed by atoms with E-state index in [1.807, 2.05) is 44.2 Å². The molecule has 0 saturated heterocycles. The zero-order valence-electron chi connectivity index (χ0n) is 14.1. The Bertz CT molecular complexity index is 930. The van der Waals surface area contributed by atoms with Gasteiger partial charge in [0.15, 0.2) is 0 Å². The molecule has 5 nitrogen and oxygen atoms in total. The molecule has 0 aliphatic rings. The zero-order chi connectivity index (χ0) is 17.8. The first-order valence-electron chi connectivity index (χ1n) is 8.10. The third-order valence-electron chi connectivity index (χ3n) is 3.69. The lowest BCUT2D eigenvalue weighted by molar-refractivity contribution is 0.0943. The van der Waals surface area contributed by atoms with Crippen molar-refractivity contribution in [3.63, 3.8) is 0 Å². The van der Waals surface area contributed by atoms with Gasteiger partial charge in [0.05, 0.1) is 11.2 Å². The predicted octanol–water partition coefficient (Wildman–Crippen LogP) is 3.63. The van der Waals surface area contributed by atoms with E-state index in [1.54, 1.807) is 30.5 Å². The number of hydrogen-bond acceptors (Lipinski definition) is 3. The van der Waals surface area contributed by atoms with Crippen LogP contribution in [0, 0.1) is 0 Å². The molecule has 5 heteroatoms. The van der Waals surface area contributed by atoms with Crippen LogP contribution in [0.25, 0.3) is 10.9 Å². The smallest absolute Gasteiger partial charge is 0.255 e. The highest BCUT2D eigenvalue weighted by molar-refractivity contribution is 6.09. The fourth-order valence-electron chi connectivity index (χ4n) is 2.55. The molecule has 2 N–H and O–H groups in total. The number of rotatable bonds is 4. The fourth-order valence-corrected chi connectivity index (χ4v) is 2.55. The summed E-state index contributed by atoms with van der Waals surface area (Å²) < 4.78 is 0. The Labute approximate surface area is 146 Å². The highest BCUT2D eigenvalue weighted by Crippen LogP contribution is 2.21. The maximum Gasteiger partial charge on any atom is 0.255 e. The Kier molecular flexibility index (Phi) is 4.75. The number of carbonyl (C=O) groups is 2. The van der Waals surface area contributed by atoms with Crippen molar-refractivity contribution in [2.24, 2.45) is 0 Å². The van der Waals surface area contributed by atoms with Gasteiger partial charge in [-0.05, 0) is 44.2 Å². The van der Waals surface area contributed by atoms with E-state index in [0.717, 1.165) is 10.9 Å². The summed E-state index contributed by atoms with van der Waals surface area (Å²) in [6, 6.07) is 16.1. The largest absolute Gasteiger partial charge is 0.350 e. The molecule has 0 aliphatic heterocycles. The average Bonchev–Trinajstić information content (AvgIpc) is 2.61. The van der Waals surface area contributed by atoms with Crippen LogP contribution < -0.4 is 10.6 Å². The molecule has 0 aliphatic carbocycles. The molecule has 0 spiro atoms. The molecular formula is C20H19N3O2. The van der Waals surface area contributed by atoms with Crippen LogP contribution >= 0.6 is 0 Å². The molecule has 2 aromatic carbocycles. The second-order valence-corrected chi connectivity index (χ2v) is 6.04. The van der Waals surface area contributed by atoms with E-state index in [0.29, 0.717) is 16.8 Å². The Morgan fingerprint density at radius 2 is 1.60 bits per heavy atom. The lowest BCUT2D eigenvalue weighted by Crippen LogP contribution is -2.30. The number of fused-ring (bicyclic) bond motifs is 1. The standard InChI is InChI=1S/C20H19N3O2/c1-13(2)22-19(24)15-7-3-8-16(12-15)20(25)23-17-10-4-6-14-9-5-11-21-18(14)17/h3-13H,1-2H3,(H,22,24)(H,23,25). The molecule has 0 saturated carbocycles. The van der Waals surface area contributed by atoms with Crippen LogP contribution in [0.2, 0.25) is 0 Å². The van der Waals surface area contributed by atoms with Gasteiger partial charge in [-0.2, -0.15) is 0 Å². The summed E-state index contributed by atoms with van der Waals surface area (Å²) in [5, 5.41) is 6.64. The monoisotopic (exact) mass is 333 g/mol. The van der Waals surface area contributed by atoms with E-state index in [-0.39, 0.29) is 17.9 Å². The van der Waals surface area contributed by atoms with Crippen LogP contribution in [0.5, 0.6) is 0 Å². The first kappa shape index (κ1) is 16.6. The van der Waals surface area contributed by atoms with Crippen molar-refractivity contribution in [3.8, 4) is 0 Å². The number of aromatic nitrogens is 1. The summed E-state index contributed by atoms with van der Waals surface area (Å²) in [6.07, 6.45) is 1.69. The number of nitrogens with one attached hydrogen (secondary N) is 2. The Hall–Kier alpha value is -3.21. The van der Waals surface area contributed by atoms with Crippen LogP contribution in [0.15, 0.2) is 60.8 Å². The van der Waals surface area contributed by atoms with E-state index >= 15 is 0 Å². The first-order valence-corrected chi connectivity index (χ1v) is 8.10. The van der Waals surface area contributed by atoms with Gasteiger partial charge >= 0.3 is 0 Å². The number of anilines is 1. The molecule has 0 fully saturated rings. The van der Waals surface area contributed by atoms with Crippen molar-refractivity contribution in [3.05, 3.63) is 71.9 Å². The quantitative estimate of drug-likeness (QED) is 0.766. The molecule has 126 valence electrons. The van der Waals surface area contributed by atoms with Gasteiger partial charge in [0.2, 0.25) is 0 Å². The highest BCUT2D eigenvalue weighted by atomic mass is 16.2. The predicted molar refractivity (Wildman–Crippen MR) is 98.7 cm³/mol. The van der Waals surface area contributed by atoms with Crippen LogP contribution in [-0.2, 0) is 0 Å². The molecule has 2 amide bonds. The van der Waals surface area contributed by atoms with Crippen molar-refractivity contribution in [2.45, 2.75) is 19.9 Å². The van der Waals surface area contributed by atoms with E-state index in [1.165, 1.54) is 0 Å². The Morgan fingerprint density at radius 3 is 2.36 bits per heavy atom. The normalized spacial score (nSPS) is 10.7. The summed E-state index contributed by atoms with van der Waals surface area (Å²) in [4.78, 5) is 29.0. The van der Waals surface area contributed by atoms with Gasteiger partial charge in [-0.25, -0.2) is 0 Å². The first-order chi connectivity index (χ1) is 12.0. The SMILES string of the molecule is CC(C)NC(=O)c1cccc(C(=O)Nc2cccc3cccnc23)c1. The molecule has 0 radical (unpaired) electrons. The minimum Gasteiger partial charge on any atom is -0.350 e. The molecule has 3 rings (SSSR count). The van der Waals surface area contributed by atoms with Crippen LogP contribution in [0.4, 0.5) is 5.69 Å². The highest BCUT2D eigenvalue weighted by Gasteiger charge is 2.12. The number of benzene rings is 2. The molecule has 0 bridgehead atoms. The second kappa shape index (κ2) is 7.13.